The second-order valence-electron chi connectivity index (χ2n) is 4.15. The predicted molar refractivity (Wildman–Crippen MR) is 76.3 cm³/mol. The number of hydrogen-bond acceptors (Lipinski definition) is 3. The molecule has 110 valence electrons. The van der Waals surface area contributed by atoms with E-state index in [9.17, 15) is 13.6 Å². The van der Waals surface area contributed by atoms with E-state index in [1.807, 2.05) is 0 Å². The van der Waals surface area contributed by atoms with Crippen LogP contribution in [0.25, 0.3) is 0 Å². The number of anilines is 2. The number of rotatable bonds is 4. The largest absolute Gasteiger partial charge is 0.481 e. The van der Waals surface area contributed by atoms with E-state index < -0.39 is 24.1 Å². The molecule has 0 atom stereocenters. The Balaban J connectivity index is 1.95. The Labute approximate surface area is 124 Å². The van der Waals surface area contributed by atoms with E-state index in [0.29, 0.717) is 10.7 Å². The zero-order valence-corrected chi connectivity index (χ0v) is 11.5. The zero-order valence-electron chi connectivity index (χ0n) is 10.7. The molecule has 0 bridgehead atoms. The van der Waals surface area contributed by atoms with E-state index in [0.717, 1.165) is 12.1 Å². The van der Waals surface area contributed by atoms with Crippen molar-refractivity contribution in [3.63, 3.8) is 0 Å². The van der Waals surface area contributed by atoms with Crippen molar-refractivity contribution in [1.29, 1.82) is 0 Å². The molecule has 0 saturated heterocycles. The number of halogens is 3. The molecular weight excluding hydrogens is 302 g/mol. The minimum atomic E-state index is -0.840. The van der Waals surface area contributed by atoms with Crippen molar-refractivity contribution in [2.45, 2.75) is 0 Å². The Bertz CT molecular complexity index is 663. The molecule has 0 saturated carbocycles. The number of carbonyl (C=O) groups is 1. The highest BCUT2D eigenvalue weighted by Crippen LogP contribution is 2.23. The van der Waals surface area contributed by atoms with Crippen LogP contribution in [0, 0.1) is 11.6 Å². The topological polar surface area (TPSA) is 64.3 Å². The van der Waals surface area contributed by atoms with Gasteiger partial charge in [0.15, 0.2) is 18.2 Å². The van der Waals surface area contributed by atoms with Crippen molar-refractivity contribution in [2.24, 2.45) is 0 Å². The van der Waals surface area contributed by atoms with Crippen molar-refractivity contribution >= 4 is 28.9 Å². The molecule has 0 fully saturated rings. The Hall–Kier alpha value is -2.34. The summed E-state index contributed by atoms with van der Waals surface area (Å²) in [5.41, 5.74) is 5.38. The zero-order chi connectivity index (χ0) is 15.4. The van der Waals surface area contributed by atoms with Crippen LogP contribution in [-0.4, -0.2) is 12.5 Å². The van der Waals surface area contributed by atoms with Gasteiger partial charge in [-0.15, -0.1) is 0 Å². The minimum absolute atomic E-state index is 0.328. The molecule has 2 aromatic carbocycles. The summed E-state index contributed by atoms with van der Waals surface area (Å²) in [4.78, 5) is 11.6. The monoisotopic (exact) mass is 312 g/mol. The molecule has 0 spiro atoms. The van der Waals surface area contributed by atoms with E-state index in [2.05, 4.69) is 5.32 Å². The van der Waals surface area contributed by atoms with Gasteiger partial charge in [-0.1, -0.05) is 11.6 Å². The lowest BCUT2D eigenvalue weighted by Gasteiger charge is -2.09. The fourth-order valence-electron chi connectivity index (χ4n) is 1.53. The molecule has 0 radical (unpaired) electrons. The van der Waals surface area contributed by atoms with Crippen LogP contribution in [0.5, 0.6) is 5.75 Å². The van der Waals surface area contributed by atoms with Crippen molar-refractivity contribution in [1.82, 2.24) is 0 Å². The van der Waals surface area contributed by atoms with E-state index in [1.165, 1.54) is 0 Å². The van der Waals surface area contributed by atoms with Crippen LogP contribution < -0.4 is 15.8 Å². The summed E-state index contributed by atoms with van der Waals surface area (Å²) in [6.45, 7) is -0.469. The predicted octanol–water partition coefficient (Wildman–Crippen LogP) is 3.22. The summed E-state index contributed by atoms with van der Waals surface area (Å²) >= 11 is 5.71. The minimum Gasteiger partial charge on any atom is -0.481 e. The van der Waals surface area contributed by atoms with Gasteiger partial charge in [0.1, 0.15) is 5.82 Å². The molecule has 0 heterocycles. The summed E-state index contributed by atoms with van der Waals surface area (Å²) in [5, 5.41) is 3.05. The summed E-state index contributed by atoms with van der Waals surface area (Å²) < 4.78 is 31.5. The van der Waals surface area contributed by atoms with Gasteiger partial charge in [-0.3, -0.25) is 4.79 Å². The number of amides is 1. The van der Waals surface area contributed by atoms with Crippen LogP contribution >= 0.6 is 11.6 Å². The highest BCUT2D eigenvalue weighted by molar-refractivity contribution is 6.30. The van der Waals surface area contributed by atoms with E-state index >= 15 is 0 Å². The van der Waals surface area contributed by atoms with Gasteiger partial charge >= 0.3 is 0 Å². The molecule has 0 aromatic heterocycles. The molecule has 2 aromatic rings. The van der Waals surface area contributed by atoms with Crippen LogP contribution in [0.1, 0.15) is 0 Å². The van der Waals surface area contributed by atoms with Crippen molar-refractivity contribution in [2.75, 3.05) is 17.7 Å². The number of nitrogens with one attached hydrogen (secondary N) is 1. The van der Waals surface area contributed by atoms with Crippen LogP contribution in [0.2, 0.25) is 5.02 Å². The molecule has 0 aliphatic carbocycles. The molecule has 3 N–H and O–H groups in total. The number of nitrogen functional groups attached to an aromatic ring is 1. The molecule has 0 unspecified atom stereocenters. The molecule has 4 nitrogen and oxygen atoms in total. The van der Waals surface area contributed by atoms with E-state index in [-0.39, 0.29) is 11.4 Å². The van der Waals surface area contributed by atoms with E-state index in [1.54, 1.807) is 24.3 Å². The number of carbonyl (C=O) groups excluding carboxylic acids is 1. The summed E-state index contributed by atoms with van der Waals surface area (Å²) in [5.74, 6) is -2.56. The maximum Gasteiger partial charge on any atom is 0.262 e. The third-order valence-electron chi connectivity index (χ3n) is 2.54. The maximum absolute atomic E-state index is 13.4. The number of hydrogen-bond donors (Lipinski definition) is 2. The van der Waals surface area contributed by atoms with Crippen LogP contribution in [0.15, 0.2) is 36.4 Å². The van der Waals surface area contributed by atoms with Crippen LogP contribution in [0.4, 0.5) is 20.2 Å². The highest BCUT2D eigenvalue weighted by Gasteiger charge is 2.11. The fourth-order valence-corrected chi connectivity index (χ4v) is 1.65. The molecule has 21 heavy (non-hydrogen) atoms. The smallest absolute Gasteiger partial charge is 0.262 e. The maximum atomic E-state index is 13.4. The standard InChI is InChI=1S/C14H11ClF2N2O2/c15-8-1-3-9(4-2-8)19-14(20)7-21-13-6-10(16)12(18)5-11(13)17/h1-6H,7,18H2,(H,19,20). The van der Waals surface area contributed by atoms with Gasteiger partial charge in [-0.05, 0) is 24.3 Å². The van der Waals surface area contributed by atoms with Crippen molar-refractivity contribution in [3.8, 4) is 5.75 Å². The lowest BCUT2D eigenvalue weighted by Crippen LogP contribution is -2.20. The van der Waals surface area contributed by atoms with Gasteiger partial charge in [0.25, 0.3) is 5.91 Å². The van der Waals surface area contributed by atoms with Gasteiger partial charge in [0, 0.05) is 22.8 Å². The van der Waals surface area contributed by atoms with Gasteiger partial charge in [-0.2, -0.15) is 0 Å². The number of benzene rings is 2. The number of ether oxygens (including phenoxy) is 1. The Kier molecular flexibility index (Phi) is 4.59. The third kappa shape index (κ3) is 4.06. The molecule has 0 aliphatic rings. The molecule has 7 heteroatoms. The average Bonchev–Trinajstić information content (AvgIpc) is 2.44. The van der Waals surface area contributed by atoms with Gasteiger partial charge in [0.05, 0.1) is 5.69 Å². The van der Waals surface area contributed by atoms with E-state index in [4.69, 9.17) is 22.1 Å². The Morgan fingerprint density at radius 1 is 1.19 bits per heavy atom. The van der Waals surface area contributed by atoms with Crippen LogP contribution in [-0.2, 0) is 4.79 Å². The Morgan fingerprint density at radius 2 is 1.86 bits per heavy atom. The third-order valence-corrected chi connectivity index (χ3v) is 2.79. The summed E-state index contributed by atoms with van der Waals surface area (Å²) in [7, 11) is 0. The molecular formula is C14H11ClF2N2O2. The lowest BCUT2D eigenvalue weighted by atomic mass is 10.3. The summed E-state index contributed by atoms with van der Waals surface area (Å²) in [6.07, 6.45) is 0. The Morgan fingerprint density at radius 3 is 2.52 bits per heavy atom. The molecule has 2 rings (SSSR count). The quantitative estimate of drug-likeness (QED) is 0.852. The van der Waals surface area contributed by atoms with Crippen molar-refractivity contribution in [3.05, 3.63) is 53.1 Å². The number of nitrogens with two attached hydrogens (primary N) is 1. The van der Waals surface area contributed by atoms with Gasteiger partial charge < -0.3 is 15.8 Å². The first-order valence-electron chi connectivity index (χ1n) is 5.88. The summed E-state index contributed by atoms with van der Waals surface area (Å²) in [6, 6.07) is 8.00. The second-order valence-corrected chi connectivity index (χ2v) is 4.58. The molecule has 1 amide bonds. The normalized spacial score (nSPS) is 10.2. The first kappa shape index (κ1) is 15.1. The van der Waals surface area contributed by atoms with Crippen molar-refractivity contribution < 1.29 is 18.3 Å². The molecule has 0 aliphatic heterocycles. The first-order valence-corrected chi connectivity index (χ1v) is 6.26. The SMILES string of the molecule is Nc1cc(F)c(OCC(=O)Nc2ccc(Cl)cc2)cc1F. The lowest BCUT2D eigenvalue weighted by molar-refractivity contribution is -0.118. The first-order chi connectivity index (χ1) is 9.95. The van der Waals surface area contributed by atoms with Gasteiger partial charge in [-0.25, -0.2) is 8.78 Å². The van der Waals surface area contributed by atoms with Crippen LogP contribution in [0.3, 0.4) is 0 Å². The van der Waals surface area contributed by atoms with Gasteiger partial charge in [0.2, 0.25) is 0 Å². The fraction of sp³-hybridized carbons (Fsp3) is 0.0714. The average molecular weight is 313 g/mol. The second kappa shape index (κ2) is 6.41. The highest BCUT2D eigenvalue weighted by atomic mass is 35.5.